The first kappa shape index (κ1) is 16.3. The second-order valence-corrected chi connectivity index (χ2v) is 7.59. The summed E-state index contributed by atoms with van der Waals surface area (Å²) in [6.07, 6.45) is 1.66. The predicted molar refractivity (Wildman–Crippen MR) is 104 cm³/mol. The van der Waals surface area contributed by atoms with E-state index >= 15 is 0 Å². The van der Waals surface area contributed by atoms with Gasteiger partial charge in [-0.15, -0.1) is 11.3 Å². The highest BCUT2D eigenvalue weighted by Gasteiger charge is 2.17. The molecule has 0 atom stereocenters. The number of fused-ring (bicyclic) bond motifs is 1. The van der Waals surface area contributed by atoms with E-state index in [-0.39, 0.29) is 0 Å². The number of aromatic nitrogens is 2. The summed E-state index contributed by atoms with van der Waals surface area (Å²) in [6, 6.07) is 10.8. The van der Waals surface area contributed by atoms with Crippen LogP contribution in [0.5, 0.6) is 0 Å². The average molecular weight is 354 g/mol. The summed E-state index contributed by atoms with van der Waals surface area (Å²) < 4.78 is 5.49. The summed E-state index contributed by atoms with van der Waals surface area (Å²) >= 11 is 1.72. The van der Waals surface area contributed by atoms with E-state index < -0.39 is 0 Å². The Morgan fingerprint density at radius 1 is 1.20 bits per heavy atom. The highest BCUT2D eigenvalue weighted by Crippen LogP contribution is 2.31. The molecule has 1 fully saturated rings. The van der Waals surface area contributed by atoms with Crippen LogP contribution in [-0.4, -0.2) is 43.3 Å². The molecule has 0 amide bonds. The number of thiophene rings is 1. The van der Waals surface area contributed by atoms with Crippen molar-refractivity contribution in [3.63, 3.8) is 0 Å². The summed E-state index contributed by atoms with van der Waals surface area (Å²) in [5.41, 5.74) is 2.61. The molecule has 5 nitrogen and oxygen atoms in total. The van der Waals surface area contributed by atoms with Gasteiger partial charge in [0.25, 0.3) is 0 Å². The van der Waals surface area contributed by atoms with E-state index in [0.717, 1.165) is 48.9 Å². The van der Waals surface area contributed by atoms with Gasteiger partial charge >= 0.3 is 0 Å². The van der Waals surface area contributed by atoms with Gasteiger partial charge in [0.15, 0.2) is 0 Å². The van der Waals surface area contributed by atoms with Crippen molar-refractivity contribution < 1.29 is 4.74 Å². The Kier molecular flexibility index (Phi) is 4.55. The van der Waals surface area contributed by atoms with Crippen molar-refractivity contribution in [3.8, 4) is 0 Å². The summed E-state index contributed by atoms with van der Waals surface area (Å²) in [5, 5.41) is 1.14. The first-order valence-corrected chi connectivity index (χ1v) is 9.37. The molecule has 130 valence electrons. The Balaban J connectivity index is 1.63. The van der Waals surface area contributed by atoms with Gasteiger partial charge in [-0.1, -0.05) is 18.2 Å². The van der Waals surface area contributed by atoms with Crippen LogP contribution in [0.2, 0.25) is 0 Å². The third-order valence-electron chi connectivity index (χ3n) is 4.54. The van der Waals surface area contributed by atoms with Crippen molar-refractivity contribution in [2.45, 2.75) is 13.5 Å². The van der Waals surface area contributed by atoms with Crippen LogP contribution in [0.25, 0.3) is 10.2 Å². The second-order valence-electron chi connectivity index (χ2n) is 6.36. The van der Waals surface area contributed by atoms with E-state index in [2.05, 4.69) is 64.1 Å². The zero-order chi connectivity index (χ0) is 17.2. The minimum absolute atomic E-state index is 0.797. The fourth-order valence-electron chi connectivity index (χ4n) is 3.36. The Morgan fingerprint density at radius 2 is 2.00 bits per heavy atom. The first-order valence-electron chi connectivity index (χ1n) is 8.55. The van der Waals surface area contributed by atoms with Crippen molar-refractivity contribution in [2.75, 3.05) is 43.2 Å². The fraction of sp³-hybridized carbons (Fsp3) is 0.368. The van der Waals surface area contributed by atoms with Gasteiger partial charge in [-0.05, 0) is 24.6 Å². The molecule has 6 heteroatoms. The highest BCUT2D eigenvalue weighted by molar-refractivity contribution is 7.18. The van der Waals surface area contributed by atoms with Gasteiger partial charge in [-0.2, -0.15) is 0 Å². The average Bonchev–Trinajstić information content (AvgIpc) is 3.03. The first-order chi connectivity index (χ1) is 12.2. The van der Waals surface area contributed by atoms with E-state index in [4.69, 9.17) is 4.74 Å². The lowest BCUT2D eigenvalue weighted by atomic mass is 10.1. The van der Waals surface area contributed by atoms with Crippen molar-refractivity contribution >= 4 is 33.1 Å². The third-order valence-corrected chi connectivity index (χ3v) is 5.50. The van der Waals surface area contributed by atoms with Gasteiger partial charge < -0.3 is 14.5 Å². The number of rotatable bonds is 4. The van der Waals surface area contributed by atoms with Crippen LogP contribution < -0.4 is 9.80 Å². The van der Waals surface area contributed by atoms with E-state index in [0.29, 0.717) is 0 Å². The second kappa shape index (κ2) is 6.98. The monoisotopic (exact) mass is 354 g/mol. The van der Waals surface area contributed by atoms with E-state index in [1.807, 2.05) is 0 Å². The number of hydrogen-bond donors (Lipinski definition) is 0. The summed E-state index contributed by atoms with van der Waals surface area (Å²) in [6.45, 7) is 6.42. The van der Waals surface area contributed by atoms with Gasteiger partial charge in [0, 0.05) is 37.2 Å². The van der Waals surface area contributed by atoms with Crippen LogP contribution in [0.1, 0.15) is 10.4 Å². The van der Waals surface area contributed by atoms with Gasteiger partial charge in [-0.3, -0.25) is 0 Å². The largest absolute Gasteiger partial charge is 0.378 e. The number of hydrogen-bond acceptors (Lipinski definition) is 6. The topological polar surface area (TPSA) is 41.5 Å². The molecule has 0 unspecified atom stereocenters. The van der Waals surface area contributed by atoms with Crippen molar-refractivity contribution in [2.24, 2.45) is 0 Å². The number of morpholine rings is 1. The number of ether oxygens (including phenoxy) is 1. The van der Waals surface area contributed by atoms with Crippen molar-refractivity contribution in [1.82, 2.24) is 9.97 Å². The quantitative estimate of drug-likeness (QED) is 0.718. The molecule has 1 aliphatic heterocycles. The highest BCUT2D eigenvalue weighted by atomic mass is 32.1. The fourth-order valence-corrected chi connectivity index (χ4v) is 4.20. The standard InChI is InChI=1S/C19H22N4OS/c1-14-11-16-18(20-13-21-19(16)25-14)22(2)12-15-5-3-4-6-17(15)23-7-9-24-10-8-23/h3-6,11,13H,7-10,12H2,1-2H3. The number of anilines is 2. The molecule has 2 aromatic heterocycles. The lowest BCUT2D eigenvalue weighted by molar-refractivity contribution is 0.122. The molecule has 0 radical (unpaired) electrons. The minimum atomic E-state index is 0.797. The molecule has 0 spiro atoms. The molecular formula is C19H22N4OS. The molecule has 0 N–H and O–H groups in total. The van der Waals surface area contributed by atoms with Crippen LogP contribution >= 0.6 is 11.3 Å². The Hall–Kier alpha value is -2.18. The maximum absolute atomic E-state index is 5.49. The van der Waals surface area contributed by atoms with Gasteiger partial charge in [0.1, 0.15) is 17.0 Å². The van der Waals surface area contributed by atoms with Crippen LogP contribution in [0.15, 0.2) is 36.7 Å². The van der Waals surface area contributed by atoms with Crippen molar-refractivity contribution in [1.29, 1.82) is 0 Å². The van der Waals surface area contributed by atoms with Gasteiger partial charge in [0.2, 0.25) is 0 Å². The minimum Gasteiger partial charge on any atom is -0.378 e. The van der Waals surface area contributed by atoms with Crippen molar-refractivity contribution in [3.05, 3.63) is 47.1 Å². The molecule has 3 heterocycles. The molecule has 0 aliphatic carbocycles. The molecule has 1 aromatic carbocycles. The summed E-state index contributed by atoms with van der Waals surface area (Å²) in [4.78, 5) is 15.9. The summed E-state index contributed by atoms with van der Waals surface area (Å²) in [7, 11) is 2.10. The van der Waals surface area contributed by atoms with E-state index in [1.54, 1.807) is 17.7 Å². The lowest BCUT2D eigenvalue weighted by Crippen LogP contribution is -2.37. The number of para-hydroxylation sites is 1. The van der Waals surface area contributed by atoms with Gasteiger partial charge in [-0.25, -0.2) is 9.97 Å². The molecular weight excluding hydrogens is 332 g/mol. The lowest BCUT2D eigenvalue weighted by Gasteiger charge is -2.31. The molecule has 3 aromatic rings. The smallest absolute Gasteiger partial charge is 0.140 e. The van der Waals surface area contributed by atoms with Crippen LogP contribution in [0.3, 0.4) is 0 Å². The number of aryl methyl sites for hydroxylation is 1. The predicted octanol–water partition coefficient (Wildman–Crippen LogP) is 3.47. The maximum atomic E-state index is 5.49. The molecule has 1 aliphatic rings. The zero-order valence-electron chi connectivity index (χ0n) is 14.6. The number of benzene rings is 1. The molecule has 0 saturated carbocycles. The molecule has 0 bridgehead atoms. The zero-order valence-corrected chi connectivity index (χ0v) is 15.4. The van der Waals surface area contributed by atoms with Crippen LogP contribution in [0, 0.1) is 6.92 Å². The van der Waals surface area contributed by atoms with Crippen LogP contribution in [-0.2, 0) is 11.3 Å². The molecule has 1 saturated heterocycles. The third kappa shape index (κ3) is 3.32. The molecule has 25 heavy (non-hydrogen) atoms. The van der Waals surface area contributed by atoms with E-state index in [1.165, 1.54) is 16.1 Å². The number of nitrogens with zero attached hydrogens (tertiary/aromatic N) is 4. The van der Waals surface area contributed by atoms with Crippen LogP contribution in [0.4, 0.5) is 11.5 Å². The van der Waals surface area contributed by atoms with Gasteiger partial charge in [0.05, 0.1) is 18.6 Å². The Bertz CT molecular complexity index is 873. The Morgan fingerprint density at radius 3 is 2.84 bits per heavy atom. The maximum Gasteiger partial charge on any atom is 0.140 e. The Labute approximate surface area is 151 Å². The molecule has 4 rings (SSSR count). The SMILES string of the molecule is Cc1cc2c(N(C)Cc3ccccc3N3CCOCC3)ncnc2s1. The summed E-state index contributed by atoms with van der Waals surface area (Å²) in [5.74, 6) is 0.992. The van der Waals surface area contributed by atoms with E-state index in [9.17, 15) is 0 Å². The normalized spacial score (nSPS) is 14.9.